The second-order valence-corrected chi connectivity index (χ2v) is 7.25. The van der Waals surface area contributed by atoms with E-state index in [1.807, 2.05) is 30.5 Å². The predicted octanol–water partition coefficient (Wildman–Crippen LogP) is 3.53. The van der Waals surface area contributed by atoms with Crippen LogP contribution in [0.4, 0.5) is 0 Å². The Morgan fingerprint density at radius 3 is 2.78 bits per heavy atom. The summed E-state index contributed by atoms with van der Waals surface area (Å²) in [5.74, 6) is 0.389. The maximum atomic E-state index is 12.9. The number of benzene rings is 1. The fourth-order valence-electron chi connectivity index (χ4n) is 3.75. The Hall–Kier alpha value is -1.81. The number of halogens is 1. The molecule has 2 N–H and O–H groups in total. The SMILES string of the molecule is CC1c2cn[nH]c2CCC1C(=O)NC1(c2ccc(Cl)cc2)CC1. The van der Waals surface area contributed by atoms with Gasteiger partial charge in [0.25, 0.3) is 0 Å². The van der Waals surface area contributed by atoms with E-state index < -0.39 is 0 Å². The van der Waals surface area contributed by atoms with Gasteiger partial charge in [-0.3, -0.25) is 9.89 Å². The lowest BCUT2D eigenvalue weighted by Crippen LogP contribution is -2.41. The molecule has 5 heteroatoms. The van der Waals surface area contributed by atoms with E-state index in [1.165, 1.54) is 11.3 Å². The molecule has 0 spiro atoms. The van der Waals surface area contributed by atoms with Crippen LogP contribution in [0.25, 0.3) is 0 Å². The van der Waals surface area contributed by atoms with Crippen LogP contribution in [-0.4, -0.2) is 16.1 Å². The minimum Gasteiger partial charge on any atom is -0.346 e. The van der Waals surface area contributed by atoms with E-state index in [2.05, 4.69) is 22.4 Å². The maximum absolute atomic E-state index is 12.9. The first-order valence-electron chi connectivity index (χ1n) is 8.19. The number of aromatic nitrogens is 2. The number of fused-ring (bicyclic) bond motifs is 1. The first kappa shape index (κ1) is 14.8. The molecule has 1 amide bonds. The standard InChI is InChI=1S/C18H20ClN3O/c1-11-14(6-7-16-15(11)10-20-22-16)17(23)21-18(8-9-18)12-2-4-13(19)5-3-12/h2-5,10-11,14H,6-9H2,1H3,(H,20,22)(H,21,23). The lowest BCUT2D eigenvalue weighted by molar-refractivity contribution is -0.127. The van der Waals surface area contributed by atoms with Crippen molar-refractivity contribution in [2.75, 3.05) is 0 Å². The quantitative estimate of drug-likeness (QED) is 0.905. The van der Waals surface area contributed by atoms with Crippen molar-refractivity contribution in [1.29, 1.82) is 0 Å². The highest BCUT2D eigenvalue weighted by Gasteiger charge is 2.47. The first-order chi connectivity index (χ1) is 11.1. The molecule has 0 saturated heterocycles. The molecule has 0 bridgehead atoms. The number of rotatable bonds is 3. The van der Waals surface area contributed by atoms with Crippen molar-refractivity contribution < 1.29 is 4.79 Å². The zero-order valence-corrected chi connectivity index (χ0v) is 13.9. The first-order valence-corrected chi connectivity index (χ1v) is 8.57. The minimum absolute atomic E-state index is 0.0184. The highest BCUT2D eigenvalue weighted by atomic mass is 35.5. The fourth-order valence-corrected chi connectivity index (χ4v) is 3.87. The van der Waals surface area contributed by atoms with Crippen molar-refractivity contribution in [1.82, 2.24) is 15.5 Å². The number of hydrogen-bond donors (Lipinski definition) is 2. The molecule has 0 aliphatic heterocycles. The van der Waals surface area contributed by atoms with E-state index in [0.717, 1.165) is 36.3 Å². The molecule has 1 saturated carbocycles. The van der Waals surface area contributed by atoms with Gasteiger partial charge in [-0.15, -0.1) is 0 Å². The van der Waals surface area contributed by atoms with E-state index >= 15 is 0 Å². The fraction of sp³-hybridized carbons (Fsp3) is 0.444. The van der Waals surface area contributed by atoms with Gasteiger partial charge in [0.2, 0.25) is 5.91 Å². The summed E-state index contributed by atoms with van der Waals surface area (Å²) in [5.41, 5.74) is 3.34. The largest absolute Gasteiger partial charge is 0.346 e. The zero-order chi connectivity index (χ0) is 16.0. The van der Waals surface area contributed by atoms with Crippen molar-refractivity contribution >= 4 is 17.5 Å². The van der Waals surface area contributed by atoms with Gasteiger partial charge >= 0.3 is 0 Å². The van der Waals surface area contributed by atoms with Gasteiger partial charge in [0.05, 0.1) is 11.7 Å². The Balaban J connectivity index is 1.51. The van der Waals surface area contributed by atoms with E-state index in [1.54, 1.807) is 0 Å². The summed E-state index contributed by atoms with van der Waals surface area (Å²) in [6.45, 7) is 2.12. The molecular weight excluding hydrogens is 310 g/mol. The molecule has 2 unspecified atom stereocenters. The van der Waals surface area contributed by atoms with Gasteiger partial charge in [-0.05, 0) is 54.9 Å². The topological polar surface area (TPSA) is 57.8 Å². The number of carbonyl (C=O) groups excluding carboxylic acids is 1. The number of amides is 1. The van der Waals surface area contributed by atoms with Crippen LogP contribution >= 0.6 is 11.6 Å². The molecule has 23 heavy (non-hydrogen) atoms. The average Bonchev–Trinajstić information content (AvgIpc) is 3.14. The maximum Gasteiger partial charge on any atom is 0.224 e. The van der Waals surface area contributed by atoms with Crippen LogP contribution in [-0.2, 0) is 16.8 Å². The van der Waals surface area contributed by atoms with Crippen LogP contribution in [0.3, 0.4) is 0 Å². The van der Waals surface area contributed by atoms with Gasteiger partial charge in [0, 0.05) is 16.6 Å². The third kappa shape index (κ3) is 2.55. The van der Waals surface area contributed by atoms with Crippen molar-refractivity contribution in [3.63, 3.8) is 0 Å². The molecule has 2 aliphatic carbocycles. The summed E-state index contributed by atoms with van der Waals surface area (Å²) in [7, 11) is 0. The van der Waals surface area contributed by atoms with E-state index in [9.17, 15) is 4.79 Å². The van der Waals surface area contributed by atoms with Crippen LogP contribution in [0.5, 0.6) is 0 Å². The van der Waals surface area contributed by atoms with E-state index in [0.29, 0.717) is 0 Å². The van der Waals surface area contributed by atoms with Crippen LogP contribution in [0.1, 0.15) is 48.9 Å². The lowest BCUT2D eigenvalue weighted by Gasteiger charge is -2.30. The summed E-state index contributed by atoms with van der Waals surface area (Å²) in [6.07, 6.45) is 5.63. The van der Waals surface area contributed by atoms with Crippen molar-refractivity contribution in [3.8, 4) is 0 Å². The van der Waals surface area contributed by atoms with Crippen molar-refractivity contribution in [3.05, 3.63) is 52.3 Å². The number of nitrogens with one attached hydrogen (secondary N) is 2. The Morgan fingerprint density at radius 1 is 1.35 bits per heavy atom. The van der Waals surface area contributed by atoms with Gasteiger partial charge in [0.1, 0.15) is 0 Å². The second kappa shape index (κ2) is 5.38. The third-order valence-electron chi connectivity index (χ3n) is 5.40. The predicted molar refractivity (Wildman–Crippen MR) is 89.3 cm³/mol. The Morgan fingerprint density at radius 2 is 2.09 bits per heavy atom. The molecule has 0 radical (unpaired) electrons. The third-order valence-corrected chi connectivity index (χ3v) is 5.65. The van der Waals surface area contributed by atoms with Gasteiger partial charge in [0.15, 0.2) is 0 Å². The lowest BCUT2D eigenvalue weighted by atomic mass is 9.78. The molecule has 120 valence electrons. The van der Waals surface area contributed by atoms with Crippen LogP contribution < -0.4 is 5.32 Å². The Labute approximate surface area is 140 Å². The summed E-state index contributed by atoms with van der Waals surface area (Å²) < 4.78 is 0. The van der Waals surface area contributed by atoms with Gasteiger partial charge in [-0.2, -0.15) is 5.10 Å². The molecular formula is C18H20ClN3O. The normalized spacial score (nSPS) is 24.8. The van der Waals surface area contributed by atoms with Crippen LogP contribution in [0, 0.1) is 5.92 Å². The summed E-state index contributed by atoms with van der Waals surface area (Å²) in [5, 5.41) is 11.2. The summed E-state index contributed by atoms with van der Waals surface area (Å²) >= 11 is 5.97. The molecule has 4 nitrogen and oxygen atoms in total. The molecule has 1 heterocycles. The molecule has 2 atom stereocenters. The van der Waals surface area contributed by atoms with Crippen molar-refractivity contribution in [2.45, 2.75) is 44.1 Å². The summed E-state index contributed by atoms with van der Waals surface area (Å²) in [4.78, 5) is 12.9. The Bertz CT molecular complexity index is 733. The second-order valence-electron chi connectivity index (χ2n) is 6.82. The monoisotopic (exact) mass is 329 g/mol. The molecule has 1 fully saturated rings. The number of aryl methyl sites for hydroxylation is 1. The van der Waals surface area contributed by atoms with Crippen LogP contribution in [0.2, 0.25) is 5.02 Å². The van der Waals surface area contributed by atoms with E-state index in [-0.39, 0.29) is 23.3 Å². The van der Waals surface area contributed by atoms with Crippen LogP contribution in [0.15, 0.2) is 30.5 Å². The number of H-pyrrole nitrogens is 1. The molecule has 4 rings (SSSR count). The van der Waals surface area contributed by atoms with Crippen molar-refractivity contribution in [2.24, 2.45) is 5.92 Å². The smallest absolute Gasteiger partial charge is 0.224 e. The van der Waals surface area contributed by atoms with Gasteiger partial charge in [-0.1, -0.05) is 30.7 Å². The highest BCUT2D eigenvalue weighted by Crippen LogP contribution is 2.46. The highest BCUT2D eigenvalue weighted by molar-refractivity contribution is 6.30. The minimum atomic E-state index is -0.182. The number of carbonyl (C=O) groups is 1. The number of nitrogens with zero attached hydrogens (tertiary/aromatic N) is 1. The summed E-state index contributed by atoms with van der Waals surface area (Å²) in [6, 6.07) is 7.83. The Kier molecular flexibility index (Phi) is 3.45. The van der Waals surface area contributed by atoms with Gasteiger partial charge < -0.3 is 5.32 Å². The zero-order valence-electron chi connectivity index (χ0n) is 13.1. The number of hydrogen-bond acceptors (Lipinski definition) is 2. The van der Waals surface area contributed by atoms with Gasteiger partial charge in [-0.25, -0.2) is 0 Å². The molecule has 2 aliphatic rings. The molecule has 1 aromatic heterocycles. The molecule has 1 aromatic carbocycles. The van der Waals surface area contributed by atoms with E-state index in [4.69, 9.17) is 11.6 Å². The molecule has 2 aromatic rings. The average molecular weight is 330 g/mol. The number of aromatic amines is 1.